The predicted molar refractivity (Wildman–Crippen MR) is 94.1 cm³/mol. The van der Waals surface area contributed by atoms with Gasteiger partial charge in [0.15, 0.2) is 18.2 Å². The van der Waals surface area contributed by atoms with Gasteiger partial charge in [0.2, 0.25) is 0 Å². The summed E-state index contributed by atoms with van der Waals surface area (Å²) in [5, 5.41) is 0.613. The molecule has 2 aliphatic rings. The van der Waals surface area contributed by atoms with Gasteiger partial charge >= 0.3 is 0 Å². The third kappa shape index (κ3) is 3.87. The van der Waals surface area contributed by atoms with Gasteiger partial charge in [0.25, 0.3) is 0 Å². The number of carbonyl (C=O) groups excluding carboxylic acids is 1. The minimum absolute atomic E-state index is 0.0161. The Labute approximate surface area is 151 Å². The normalized spacial score (nSPS) is 25.4. The summed E-state index contributed by atoms with van der Waals surface area (Å²) in [5.74, 6) is 0.759. The zero-order valence-corrected chi connectivity index (χ0v) is 14.4. The molecular formula is C20H19ClO4. The van der Waals surface area contributed by atoms with Crippen LogP contribution in [0.25, 0.3) is 0 Å². The first-order valence-corrected chi connectivity index (χ1v) is 8.92. The maximum absolute atomic E-state index is 12.4. The highest BCUT2D eigenvalue weighted by Crippen LogP contribution is 2.41. The molecule has 2 saturated heterocycles. The van der Waals surface area contributed by atoms with Crippen LogP contribution in [0, 0.1) is 0 Å². The lowest BCUT2D eigenvalue weighted by molar-refractivity contribution is -0.105. The van der Waals surface area contributed by atoms with Crippen LogP contribution in [0.4, 0.5) is 0 Å². The van der Waals surface area contributed by atoms with Crippen LogP contribution in [0.1, 0.15) is 41.3 Å². The van der Waals surface area contributed by atoms with Crippen molar-refractivity contribution < 1.29 is 19.0 Å². The number of hydrogen-bond donors (Lipinski definition) is 0. The molecule has 2 heterocycles. The number of hydrogen-bond acceptors (Lipinski definition) is 4. The van der Waals surface area contributed by atoms with Gasteiger partial charge in [0.1, 0.15) is 11.9 Å². The Bertz CT molecular complexity index is 735. The molecule has 2 aromatic rings. The van der Waals surface area contributed by atoms with E-state index in [-0.39, 0.29) is 18.2 Å². The molecule has 2 aliphatic heterocycles. The number of benzene rings is 2. The van der Waals surface area contributed by atoms with E-state index in [1.807, 2.05) is 24.3 Å². The van der Waals surface area contributed by atoms with Crippen LogP contribution in [-0.4, -0.2) is 24.8 Å². The summed E-state index contributed by atoms with van der Waals surface area (Å²) in [4.78, 5) is 12.4. The molecule has 0 N–H and O–H groups in total. The van der Waals surface area contributed by atoms with Gasteiger partial charge in [-0.25, -0.2) is 0 Å². The molecule has 0 spiro atoms. The van der Waals surface area contributed by atoms with Crippen molar-refractivity contribution in [3.8, 4) is 5.75 Å². The van der Waals surface area contributed by atoms with E-state index in [0.717, 1.165) is 37.2 Å². The van der Waals surface area contributed by atoms with Gasteiger partial charge in [-0.15, -0.1) is 0 Å². The van der Waals surface area contributed by atoms with Crippen LogP contribution in [0.15, 0.2) is 48.5 Å². The molecule has 0 radical (unpaired) electrons. The van der Waals surface area contributed by atoms with Gasteiger partial charge in [-0.2, -0.15) is 0 Å². The Morgan fingerprint density at radius 3 is 2.48 bits per heavy atom. The summed E-state index contributed by atoms with van der Waals surface area (Å²) in [6.07, 6.45) is 2.38. The van der Waals surface area contributed by atoms with Crippen molar-refractivity contribution in [1.82, 2.24) is 0 Å². The summed E-state index contributed by atoms with van der Waals surface area (Å²) in [5.41, 5.74) is 1.59. The van der Waals surface area contributed by atoms with E-state index >= 15 is 0 Å². The molecule has 4 rings (SSSR count). The molecule has 0 aromatic heterocycles. The second-order valence-electron chi connectivity index (χ2n) is 6.33. The molecule has 130 valence electrons. The van der Waals surface area contributed by atoms with Crippen molar-refractivity contribution >= 4 is 17.4 Å². The smallest absolute Gasteiger partial charge is 0.199 e. The molecular weight excluding hydrogens is 340 g/mol. The molecule has 2 aromatic carbocycles. The fourth-order valence-corrected chi connectivity index (χ4v) is 3.16. The third-order valence-corrected chi connectivity index (χ3v) is 4.74. The average molecular weight is 359 g/mol. The van der Waals surface area contributed by atoms with E-state index in [1.54, 1.807) is 24.3 Å². The van der Waals surface area contributed by atoms with E-state index < -0.39 is 6.10 Å². The first kappa shape index (κ1) is 16.6. The van der Waals surface area contributed by atoms with Crippen LogP contribution >= 0.6 is 11.6 Å². The Morgan fingerprint density at radius 1 is 1.04 bits per heavy atom. The van der Waals surface area contributed by atoms with Crippen LogP contribution in [0.5, 0.6) is 5.75 Å². The third-order valence-electron chi connectivity index (χ3n) is 4.49. The highest BCUT2D eigenvalue weighted by atomic mass is 35.5. The molecule has 0 amide bonds. The van der Waals surface area contributed by atoms with Crippen molar-refractivity contribution in [1.29, 1.82) is 0 Å². The summed E-state index contributed by atoms with van der Waals surface area (Å²) >= 11 is 5.86. The molecule has 3 atom stereocenters. The number of ketones is 1. The van der Waals surface area contributed by atoms with Crippen molar-refractivity contribution in [3.05, 3.63) is 64.7 Å². The minimum atomic E-state index is -0.422. The standard InChI is InChI=1S/C20H19ClO4/c21-15-8-4-13(5-9-15)18(22)20-19(25-20)14-6-10-16(11-7-14)24-17-3-1-2-12-23-17/h4-11,17,19-20H,1-3,12H2. The van der Waals surface area contributed by atoms with E-state index in [1.165, 1.54) is 0 Å². The lowest BCUT2D eigenvalue weighted by atomic mass is 10.0. The molecule has 5 heteroatoms. The number of halogens is 1. The van der Waals surface area contributed by atoms with Gasteiger partial charge in [0.05, 0.1) is 6.61 Å². The molecule has 0 bridgehead atoms. The topological polar surface area (TPSA) is 48.1 Å². The lowest BCUT2D eigenvalue weighted by Crippen LogP contribution is -2.24. The molecule has 0 saturated carbocycles. The predicted octanol–water partition coefficient (Wildman–Crippen LogP) is 4.57. The Balaban J connectivity index is 1.36. The maximum atomic E-state index is 12.4. The Hall–Kier alpha value is -1.88. The Morgan fingerprint density at radius 2 is 1.80 bits per heavy atom. The van der Waals surface area contributed by atoms with Gasteiger partial charge in [0, 0.05) is 17.0 Å². The average Bonchev–Trinajstić information content (AvgIpc) is 3.44. The van der Waals surface area contributed by atoms with E-state index in [0.29, 0.717) is 10.6 Å². The van der Waals surface area contributed by atoms with Crippen molar-refractivity contribution in [2.45, 2.75) is 37.8 Å². The van der Waals surface area contributed by atoms with Crippen LogP contribution in [0.3, 0.4) is 0 Å². The van der Waals surface area contributed by atoms with Crippen LogP contribution in [0.2, 0.25) is 5.02 Å². The molecule has 4 nitrogen and oxygen atoms in total. The van der Waals surface area contributed by atoms with Gasteiger partial charge in [-0.05, 0) is 54.8 Å². The van der Waals surface area contributed by atoms with Crippen molar-refractivity contribution in [3.63, 3.8) is 0 Å². The first-order chi connectivity index (χ1) is 12.2. The van der Waals surface area contributed by atoms with Gasteiger partial charge in [-0.3, -0.25) is 4.79 Å². The number of carbonyl (C=O) groups is 1. The maximum Gasteiger partial charge on any atom is 0.199 e. The van der Waals surface area contributed by atoms with Gasteiger partial charge < -0.3 is 14.2 Å². The summed E-state index contributed by atoms with van der Waals surface area (Å²) in [7, 11) is 0. The molecule has 0 aliphatic carbocycles. The zero-order chi connectivity index (χ0) is 17.2. The lowest BCUT2D eigenvalue weighted by Gasteiger charge is -2.23. The highest BCUT2D eigenvalue weighted by molar-refractivity contribution is 6.30. The quantitative estimate of drug-likeness (QED) is 0.580. The Kier molecular flexibility index (Phi) is 4.75. The van der Waals surface area contributed by atoms with Crippen LogP contribution in [-0.2, 0) is 9.47 Å². The molecule has 2 fully saturated rings. The minimum Gasteiger partial charge on any atom is -0.465 e. The highest BCUT2D eigenvalue weighted by Gasteiger charge is 2.46. The second-order valence-corrected chi connectivity index (χ2v) is 6.77. The molecule has 3 unspecified atom stereocenters. The number of ether oxygens (including phenoxy) is 3. The first-order valence-electron chi connectivity index (χ1n) is 8.54. The van der Waals surface area contributed by atoms with E-state index in [2.05, 4.69) is 0 Å². The van der Waals surface area contributed by atoms with E-state index in [4.69, 9.17) is 25.8 Å². The fourth-order valence-electron chi connectivity index (χ4n) is 3.04. The van der Waals surface area contributed by atoms with Gasteiger partial charge in [-0.1, -0.05) is 23.7 Å². The summed E-state index contributed by atoms with van der Waals surface area (Å²) in [6.45, 7) is 0.757. The summed E-state index contributed by atoms with van der Waals surface area (Å²) in [6, 6.07) is 14.6. The number of epoxide rings is 1. The second kappa shape index (κ2) is 7.16. The number of Topliss-reactive ketones (excluding diaryl/α,β-unsaturated/α-hetero) is 1. The molecule has 25 heavy (non-hydrogen) atoms. The zero-order valence-electron chi connectivity index (χ0n) is 13.7. The fraction of sp³-hybridized carbons (Fsp3) is 0.350. The monoisotopic (exact) mass is 358 g/mol. The largest absolute Gasteiger partial charge is 0.465 e. The number of rotatable bonds is 5. The van der Waals surface area contributed by atoms with E-state index in [9.17, 15) is 4.79 Å². The van der Waals surface area contributed by atoms with Crippen molar-refractivity contribution in [2.75, 3.05) is 6.61 Å². The summed E-state index contributed by atoms with van der Waals surface area (Å²) < 4.78 is 17.0. The van der Waals surface area contributed by atoms with Crippen molar-refractivity contribution in [2.24, 2.45) is 0 Å². The SMILES string of the molecule is O=C(c1ccc(Cl)cc1)C1OC1c1ccc(OC2CCCCO2)cc1. The van der Waals surface area contributed by atoms with Crippen LogP contribution < -0.4 is 4.74 Å².